The summed E-state index contributed by atoms with van der Waals surface area (Å²) in [6.07, 6.45) is 1.26. The molecule has 5 nitrogen and oxygen atoms in total. The predicted octanol–water partition coefficient (Wildman–Crippen LogP) is 3.52. The van der Waals surface area contributed by atoms with Crippen molar-refractivity contribution in [3.8, 4) is 0 Å². The van der Waals surface area contributed by atoms with Crippen molar-refractivity contribution in [1.82, 2.24) is 15.2 Å². The molecule has 0 saturated heterocycles. The van der Waals surface area contributed by atoms with Crippen LogP contribution in [0.2, 0.25) is 0 Å². The molecule has 0 bridgehead atoms. The zero-order chi connectivity index (χ0) is 18.9. The van der Waals surface area contributed by atoms with E-state index in [0.29, 0.717) is 24.4 Å². The third-order valence-corrected chi connectivity index (χ3v) is 7.03. The monoisotopic (exact) mass is 391 g/mol. The normalized spacial score (nSPS) is 14.2. The third-order valence-electron chi connectivity index (χ3n) is 4.43. The molecule has 0 aliphatic carbocycles. The second-order valence-electron chi connectivity index (χ2n) is 7.62. The molecular weight excluding hydrogens is 366 g/mol. The van der Waals surface area contributed by atoms with Crippen molar-refractivity contribution >= 4 is 34.5 Å². The van der Waals surface area contributed by atoms with E-state index in [2.05, 4.69) is 42.5 Å². The van der Waals surface area contributed by atoms with Gasteiger partial charge in [0, 0.05) is 36.3 Å². The van der Waals surface area contributed by atoms with E-state index in [0.717, 1.165) is 23.7 Å². The van der Waals surface area contributed by atoms with Crippen LogP contribution in [0.4, 0.5) is 0 Å². The van der Waals surface area contributed by atoms with Gasteiger partial charge in [-0.25, -0.2) is 4.98 Å². The average Bonchev–Trinajstić information content (AvgIpc) is 3.19. The zero-order valence-electron chi connectivity index (χ0n) is 15.7. The van der Waals surface area contributed by atoms with Crippen molar-refractivity contribution in [2.45, 2.75) is 52.5 Å². The summed E-state index contributed by atoms with van der Waals surface area (Å²) in [5.41, 5.74) is 1.94. The largest absolute Gasteiger partial charge is 0.351 e. The number of nitrogens with one attached hydrogen (secondary N) is 1. The highest BCUT2D eigenvalue weighted by molar-refractivity contribution is 7.14. The van der Waals surface area contributed by atoms with Gasteiger partial charge in [0.05, 0.1) is 10.7 Å². The second kappa shape index (κ2) is 7.48. The molecule has 140 valence electrons. The lowest BCUT2D eigenvalue weighted by Gasteiger charge is -2.27. The van der Waals surface area contributed by atoms with E-state index in [1.54, 1.807) is 11.3 Å². The number of amides is 2. The summed E-state index contributed by atoms with van der Waals surface area (Å²) in [6, 6.07) is 2.10. The minimum Gasteiger partial charge on any atom is -0.351 e. The molecular formula is C19H25N3O2S2. The molecule has 0 unspecified atom stereocenters. The van der Waals surface area contributed by atoms with E-state index in [4.69, 9.17) is 0 Å². The van der Waals surface area contributed by atoms with Crippen LogP contribution in [-0.4, -0.2) is 34.8 Å². The smallest absolute Gasteiger partial charge is 0.263 e. The van der Waals surface area contributed by atoms with Crippen molar-refractivity contribution < 1.29 is 9.59 Å². The number of carbonyl (C=O) groups is 2. The molecule has 2 amide bonds. The summed E-state index contributed by atoms with van der Waals surface area (Å²) in [6.45, 7) is 9.93. The van der Waals surface area contributed by atoms with Crippen LogP contribution in [-0.2, 0) is 23.2 Å². The van der Waals surface area contributed by atoms with Crippen LogP contribution in [0.25, 0.3) is 0 Å². The molecule has 0 atom stereocenters. The molecule has 2 aromatic heterocycles. The first-order valence-electron chi connectivity index (χ1n) is 8.85. The molecule has 7 heteroatoms. The lowest BCUT2D eigenvalue weighted by Crippen LogP contribution is -2.37. The maximum absolute atomic E-state index is 12.4. The fourth-order valence-corrected chi connectivity index (χ4v) is 4.84. The SMILES string of the molecule is Cc1nc(C(C)(C)C)sc1C(=O)NCCC(=O)N1CCc2sccc2C1. The maximum Gasteiger partial charge on any atom is 0.263 e. The topological polar surface area (TPSA) is 62.3 Å². The first-order chi connectivity index (χ1) is 12.3. The third kappa shape index (κ3) is 4.15. The first-order valence-corrected chi connectivity index (χ1v) is 10.5. The number of carbonyl (C=O) groups excluding carboxylic acids is 2. The summed E-state index contributed by atoms with van der Waals surface area (Å²) in [7, 11) is 0. The van der Waals surface area contributed by atoms with E-state index in [9.17, 15) is 9.59 Å². The predicted molar refractivity (Wildman–Crippen MR) is 106 cm³/mol. The number of aromatic nitrogens is 1. The number of fused-ring (bicyclic) bond motifs is 1. The van der Waals surface area contributed by atoms with Gasteiger partial charge >= 0.3 is 0 Å². The Kier molecular flexibility index (Phi) is 5.48. The van der Waals surface area contributed by atoms with Crippen molar-refractivity contribution in [3.05, 3.63) is 37.5 Å². The number of nitrogens with zero attached hydrogens (tertiary/aromatic N) is 2. The Morgan fingerprint density at radius 1 is 1.35 bits per heavy atom. The average molecular weight is 392 g/mol. The number of hydrogen-bond acceptors (Lipinski definition) is 5. The molecule has 0 aromatic carbocycles. The number of rotatable bonds is 4. The quantitative estimate of drug-likeness (QED) is 0.867. The molecule has 1 aliphatic rings. The summed E-state index contributed by atoms with van der Waals surface area (Å²) < 4.78 is 0. The minimum absolute atomic E-state index is 0.0707. The molecule has 1 N–H and O–H groups in total. The number of hydrogen-bond donors (Lipinski definition) is 1. The fraction of sp³-hybridized carbons (Fsp3) is 0.526. The Bertz CT molecular complexity index is 817. The Balaban J connectivity index is 1.51. The van der Waals surface area contributed by atoms with Crippen LogP contribution in [0.15, 0.2) is 11.4 Å². The highest BCUT2D eigenvalue weighted by Crippen LogP contribution is 2.29. The van der Waals surface area contributed by atoms with Crippen LogP contribution in [0, 0.1) is 6.92 Å². The highest BCUT2D eigenvalue weighted by atomic mass is 32.1. The molecule has 0 saturated carbocycles. The van der Waals surface area contributed by atoms with Crippen molar-refractivity contribution in [3.63, 3.8) is 0 Å². The standard InChI is InChI=1S/C19H25N3O2S2/c1-12-16(26-18(21-12)19(2,3)4)17(24)20-8-5-15(23)22-9-6-14-13(11-22)7-10-25-14/h7,10H,5-6,8-9,11H2,1-4H3,(H,20,24). The van der Waals surface area contributed by atoms with Crippen LogP contribution < -0.4 is 5.32 Å². The Hall–Kier alpha value is -1.73. The van der Waals surface area contributed by atoms with E-state index in [1.807, 2.05) is 11.8 Å². The summed E-state index contributed by atoms with van der Waals surface area (Å²) >= 11 is 3.20. The Morgan fingerprint density at radius 3 is 2.81 bits per heavy atom. The van der Waals surface area contributed by atoms with Gasteiger partial charge < -0.3 is 10.2 Å². The molecule has 2 aromatic rings. The van der Waals surface area contributed by atoms with Gasteiger partial charge in [0.25, 0.3) is 5.91 Å². The highest BCUT2D eigenvalue weighted by Gasteiger charge is 2.24. The van der Waals surface area contributed by atoms with Crippen molar-refractivity contribution in [1.29, 1.82) is 0 Å². The summed E-state index contributed by atoms with van der Waals surface area (Å²) in [5.74, 6) is -0.0411. The second-order valence-corrected chi connectivity index (χ2v) is 9.62. The number of aryl methyl sites for hydroxylation is 1. The molecule has 26 heavy (non-hydrogen) atoms. The van der Waals surface area contributed by atoms with Crippen LogP contribution in [0.3, 0.4) is 0 Å². The molecule has 1 aliphatic heterocycles. The molecule has 3 rings (SSSR count). The lowest BCUT2D eigenvalue weighted by atomic mass is 9.98. The van der Waals surface area contributed by atoms with Crippen molar-refractivity contribution in [2.24, 2.45) is 0 Å². The van der Waals surface area contributed by atoms with Gasteiger partial charge in [-0.2, -0.15) is 0 Å². The zero-order valence-corrected chi connectivity index (χ0v) is 17.4. The Labute approximate surface area is 162 Å². The lowest BCUT2D eigenvalue weighted by molar-refractivity contribution is -0.131. The molecule has 0 spiro atoms. The number of thiazole rings is 1. The van der Waals surface area contributed by atoms with Crippen LogP contribution in [0.5, 0.6) is 0 Å². The van der Waals surface area contributed by atoms with E-state index in [1.165, 1.54) is 21.8 Å². The summed E-state index contributed by atoms with van der Waals surface area (Å²) in [5, 5.41) is 5.91. The van der Waals surface area contributed by atoms with E-state index in [-0.39, 0.29) is 17.2 Å². The van der Waals surface area contributed by atoms with Gasteiger partial charge in [0.15, 0.2) is 0 Å². The van der Waals surface area contributed by atoms with Crippen LogP contribution >= 0.6 is 22.7 Å². The molecule has 0 radical (unpaired) electrons. The van der Waals surface area contributed by atoms with Gasteiger partial charge in [-0.3, -0.25) is 9.59 Å². The fourth-order valence-electron chi connectivity index (χ4n) is 2.91. The van der Waals surface area contributed by atoms with E-state index >= 15 is 0 Å². The van der Waals surface area contributed by atoms with Crippen molar-refractivity contribution in [2.75, 3.05) is 13.1 Å². The first kappa shape index (κ1) is 19.0. The number of thiophene rings is 1. The van der Waals surface area contributed by atoms with Gasteiger partial charge in [-0.1, -0.05) is 20.8 Å². The van der Waals surface area contributed by atoms with Gasteiger partial charge in [0.1, 0.15) is 4.88 Å². The van der Waals surface area contributed by atoms with E-state index < -0.39 is 0 Å². The Morgan fingerprint density at radius 2 is 2.12 bits per heavy atom. The minimum atomic E-state index is -0.137. The molecule has 3 heterocycles. The summed E-state index contributed by atoms with van der Waals surface area (Å²) in [4.78, 5) is 33.3. The molecule has 0 fully saturated rings. The van der Waals surface area contributed by atoms with Gasteiger partial charge in [0.2, 0.25) is 5.91 Å². The van der Waals surface area contributed by atoms with Crippen LogP contribution in [0.1, 0.15) is 58.0 Å². The van der Waals surface area contributed by atoms with Gasteiger partial charge in [-0.15, -0.1) is 22.7 Å². The maximum atomic E-state index is 12.4. The van der Waals surface area contributed by atoms with Gasteiger partial charge in [-0.05, 0) is 30.4 Å².